The minimum Gasteiger partial charge on any atom is -0.350 e. The molecule has 1 amide bonds. The van der Waals surface area contributed by atoms with E-state index >= 15 is 0 Å². The Morgan fingerprint density at radius 1 is 1.33 bits per heavy atom. The molecule has 1 rings (SSSR count). The first kappa shape index (κ1) is 14.6. The maximum atomic E-state index is 12.6. The molecule has 0 fully saturated rings. The second-order valence-corrected chi connectivity index (χ2v) is 5.07. The lowest BCUT2D eigenvalue weighted by Gasteiger charge is -2.14. The van der Waals surface area contributed by atoms with Crippen molar-refractivity contribution < 1.29 is 9.18 Å². The van der Waals surface area contributed by atoms with Crippen LogP contribution in [0, 0.1) is 11.9 Å². The average molecular weight is 252 g/mol. The van der Waals surface area contributed by atoms with Crippen LogP contribution in [0.2, 0.25) is 0 Å². The van der Waals surface area contributed by atoms with Gasteiger partial charge < -0.3 is 5.32 Å². The van der Waals surface area contributed by atoms with Gasteiger partial charge in [0, 0.05) is 12.2 Å². The molecule has 0 radical (unpaired) electrons. The summed E-state index contributed by atoms with van der Waals surface area (Å²) in [6, 6.07) is 2.76. The van der Waals surface area contributed by atoms with E-state index in [1.165, 1.54) is 18.3 Å². The predicted molar refractivity (Wildman–Crippen MR) is 69.8 cm³/mol. The minimum atomic E-state index is -0.573. The molecule has 1 unspecified atom stereocenters. The fourth-order valence-electron chi connectivity index (χ4n) is 1.72. The fraction of sp³-hybridized carbons (Fsp3) is 0.571. The van der Waals surface area contributed by atoms with E-state index in [1.807, 2.05) is 6.92 Å². The van der Waals surface area contributed by atoms with Gasteiger partial charge in [0.05, 0.1) is 5.56 Å². The van der Waals surface area contributed by atoms with Crippen molar-refractivity contribution in [3.63, 3.8) is 0 Å². The molecular formula is C14H21FN2O. The molecule has 0 aromatic carbocycles. The van der Waals surface area contributed by atoms with Crippen LogP contribution in [-0.4, -0.2) is 16.9 Å². The SMILES string of the molecule is CC(C)CCCC(C)NC(=O)c1ccc(F)nc1. The first-order valence-corrected chi connectivity index (χ1v) is 6.41. The molecule has 1 heterocycles. The first-order chi connectivity index (χ1) is 8.49. The number of hydrogen-bond donors (Lipinski definition) is 1. The van der Waals surface area contributed by atoms with Gasteiger partial charge in [0.2, 0.25) is 5.95 Å². The minimum absolute atomic E-state index is 0.126. The number of amides is 1. The highest BCUT2D eigenvalue weighted by atomic mass is 19.1. The third kappa shape index (κ3) is 5.25. The molecule has 0 aliphatic rings. The van der Waals surface area contributed by atoms with E-state index in [9.17, 15) is 9.18 Å². The molecule has 18 heavy (non-hydrogen) atoms. The van der Waals surface area contributed by atoms with Crippen molar-refractivity contribution >= 4 is 5.91 Å². The molecule has 0 bridgehead atoms. The number of hydrogen-bond acceptors (Lipinski definition) is 2. The first-order valence-electron chi connectivity index (χ1n) is 6.41. The molecule has 100 valence electrons. The van der Waals surface area contributed by atoms with Gasteiger partial charge in [0.25, 0.3) is 5.91 Å². The van der Waals surface area contributed by atoms with Crippen molar-refractivity contribution in [2.24, 2.45) is 5.92 Å². The van der Waals surface area contributed by atoms with Gasteiger partial charge in [0.1, 0.15) is 0 Å². The van der Waals surface area contributed by atoms with Crippen LogP contribution in [0.4, 0.5) is 4.39 Å². The Balaban J connectivity index is 2.37. The molecule has 1 aromatic rings. The molecule has 0 saturated heterocycles. The van der Waals surface area contributed by atoms with E-state index in [1.54, 1.807) is 0 Å². The fourth-order valence-corrected chi connectivity index (χ4v) is 1.72. The highest BCUT2D eigenvalue weighted by molar-refractivity contribution is 5.93. The summed E-state index contributed by atoms with van der Waals surface area (Å²) < 4.78 is 12.6. The largest absolute Gasteiger partial charge is 0.350 e. The van der Waals surface area contributed by atoms with Crippen molar-refractivity contribution in [1.29, 1.82) is 0 Å². The molecule has 0 spiro atoms. The molecular weight excluding hydrogens is 231 g/mol. The van der Waals surface area contributed by atoms with Crippen LogP contribution in [0.3, 0.4) is 0 Å². The number of aromatic nitrogens is 1. The number of carbonyl (C=O) groups is 1. The lowest BCUT2D eigenvalue weighted by atomic mass is 10.0. The van der Waals surface area contributed by atoms with E-state index in [-0.39, 0.29) is 11.9 Å². The van der Waals surface area contributed by atoms with Crippen molar-refractivity contribution in [3.05, 3.63) is 29.8 Å². The Morgan fingerprint density at radius 2 is 2.06 bits per heavy atom. The van der Waals surface area contributed by atoms with E-state index < -0.39 is 5.95 Å². The van der Waals surface area contributed by atoms with Crippen molar-refractivity contribution in [3.8, 4) is 0 Å². The predicted octanol–water partition coefficient (Wildman–Crippen LogP) is 3.17. The monoisotopic (exact) mass is 252 g/mol. The van der Waals surface area contributed by atoms with Gasteiger partial charge in [-0.05, 0) is 31.4 Å². The number of carbonyl (C=O) groups excluding carboxylic acids is 1. The summed E-state index contributed by atoms with van der Waals surface area (Å²) in [5, 5.41) is 2.89. The summed E-state index contributed by atoms with van der Waals surface area (Å²) in [6.45, 7) is 6.36. The van der Waals surface area contributed by atoms with Crippen molar-refractivity contribution in [2.75, 3.05) is 0 Å². The normalized spacial score (nSPS) is 12.5. The Labute approximate surface area is 108 Å². The van der Waals surface area contributed by atoms with Crippen LogP contribution in [-0.2, 0) is 0 Å². The molecule has 3 nitrogen and oxygen atoms in total. The second-order valence-electron chi connectivity index (χ2n) is 5.07. The summed E-state index contributed by atoms with van der Waals surface area (Å²) in [7, 11) is 0. The van der Waals surface area contributed by atoms with Gasteiger partial charge in [-0.1, -0.05) is 26.7 Å². The Bertz CT molecular complexity index is 376. The molecule has 1 N–H and O–H groups in total. The molecule has 1 atom stereocenters. The zero-order valence-electron chi connectivity index (χ0n) is 11.2. The van der Waals surface area contributed by atoms with Crippen LogP contribution in [0.15, 0.2) is 18.3 Å². The maximum Gasteiger partial charge on any atom is 0.253 e. The van der Waals surface area contributed by atoms with Crippen LogP contribution < -0.4 is 5.32 Å². The van der Waals surface area contributed by atoms with E-state index in [0.717, 1.165) is 19.3 Å². The summed E-state index contributed by atoms with van der Waals surface area (Å²) in [4.78, 5) is 15.3. The standard InChI is InChI=1S/C14H21FN2O/c1-10(2)5-4-6-11(3)17-14(18)12-7-8-13(15)16-9-12/h7-11H,4-6H2,1-3H3,(H,17,18). The summed E-state index contributed by atoms with van der Waals surface area (Å²) >= 11 is 0. The number of halogens is 1. The highest BCUT2D eigenvalue weighted by Crippen LogP contribution is 2.08. The smallest absolute Gasteiger partial charge is 0.253 e. The van der Waals surface area contributed by atoms with Gasteiger partial charge in [0.15, 0.2) is 0 Å². The van der Waals surface area contributed by atoms with Gasteiger partial charge in [-0.2, -0.15) is 4.39 Å². The quantitative estimate of drug-likeness (QED) is 0.790. The van der Waals surface area contributed by atoms with Crippen LogP contribution >= 0.6 is 0 Å². The van der Waals surface area contributed by atoms with E-state index in [0.29, 0.717) is 11.5 Å². The third-order valence-corrected chi connectivity index (χ3v) is 2.79. The maximum absolute atomic E-state index is 12.6. The Morgan fingerprint density at radius 3 is 2.61 bits per heavy atom. The molecule has 4 heteroatoms. The van der Waals surface area contributed by atoms with Crippen LogP contribution in [0.1, 0.15) is 50.4 Å². The van der Waals surface area contributed by atoms with Gasteiger partial charge >= 0.3 is 0 Å². The molecule has 0 saturated carbocycles. The lowest BCUT2D eigenvalue weighted by Crippen LogP contribution is -2.32. The zero-order chi connectivity index (χ0) is 13.5. The third-order valence-electron chi connectivity index (χ3n) is 2.79. The van der Waals surface area contributed by atoms with Gasteiger partial charge in [-0.3, -0.25) is 4.79 Å². The van der Waals surface area contributed by atoms with E-state index in [4.69, 9.17) is 0 Å². The number of nitrogens with one attached hydrogen (secondary N) is 1. The lowest BCUT2D eigenvalue weighted by molar-refractivity contribution is 0.0937. The van der Waals surface area contributed by atoms with Crippen molar-refractivity contribution in [1.82, 2.24) is 10.3 Å². The van der Waals surface area contributed by atoms with Crippen molar-refractivity contribution in [2.45, 2.75) is 46.1 Å². The molecule has 0 aliphatic carbocycles. The highest BCUT2D eigenvalue weighted by Gasteiger charge is 2.10. The van der Waals surface area contributed by atoms with E-state index in [2.05, 4.69) is 24.1 Å². The molecule has 1 aromatic heterocycles. The number of rotatable bonds is 6. The van der Waals surface area contributed by atoms with Crippen LogP contribution in [0.5, 0.6) is 0 Å². The van der Waals surface area contributed by atoms with Gasteiger partial charge in [-0.25, -0.2) is 4.98 Å². The van der Waals surface area contributed by atoms with Gasteiger partial charge in [-0.15, -0.1) is 0 Å². The Hall–Kier alpha value is -1.45. The average Bonchev–Trinajstić information content (AvgIpc) is 2.29. The number of pyridine rings is 1. The summed E-state index contributed by atoms with van der Waals surface area (Å²) in [5.74, 6) is -0.0784. The second kappa shape index (κ2) is 7.09. The summed E-state index contributed by atoms with van der Waals surface area (Å²) in [5.41, 5.74) is 0.395. The molecule has 0 aliphatic heterocycles. The van der Waals surface area contributed by atoms with Crippen LogP contribution in [0.25, 0.3) is 0 Å². The number of nitrogens with zero attached hydrogens (tertiary/aromatic N) is 1. The topological polar surface area (TPSA) is 42.0 Å². The summed E-state index contributed by atoms with van der Waals surface area (Å²) in [6.07, 6.45) is 4.48. The zero-order valence-corrected chi connectivity index (χ0v) is 11.2. The Kier molecular flexibility index (Phi) is 5.75.